The molecule has 0 heterocycles. The van der Waals surface area contributed by atoms with Crippen LogP contribution in [0, 0.1) is 5.41 Å². The van der Waals surface area contributed by atoms with Crippen LogP contribution in [0.1, 0.15) is 52.4 Å². The molecule has 0 aliphatic heterocycles. The average molecular weight is 312 g/mol. The summed E-state index contributed by atoms with van der Waals surface area (Å²) in [6.07, 6.45) is 4.66. The van der Waals surface area contributed by atoms with E-state index in [0.29, 0.717) is 0 Å². The summed E-state index contributed by atoms with van der Waals surface area (Å²) in [4.78, 5) is 34.4. The molecule has 22 heavy (non-hydrogen) atoms. The van der Waals surface area contributed by atoms with Gasteiger partial charge in [-0.15, -0.1) is 0 Å². The molecule has 1 N–H and O–H groups in total. The Balaban J connectivity index is 2.35. The van der Waals surface area contributed by atoms with Crippen molar-refractivity contribution in [2.24, 2.45) is 5.41 Å². The number of carbonyl (C=O) groups excluding carboxylic acids is 2. The first-order valence-electron chi connectivity index (χ1n) is 7.50. The standard InChI is InChI=1S/C16H24O6/c1-11(14(18)21-10-16(2,3)15(19)20)9-13(17)22-12-7-5-4-6-8-12/h12H,1,4-10H2,2-3H3,(H,19,20). The fraction of sp³-hybridized carbons (Fsp3) is 0.688. The van der Waals surface area contributed by atoms with Crippen LogP contribution < -0.4 is 0 Å². The van der Waals surface area contributed by atoms with Crippen LogP contribution in [0.4, 0.5) is 0 Å². The van der Waals surface area contributed by atoms with Gasteiger partial charge in [-0.3, -0.25) is 9.59 Å². The van der Waals surface area contributed by atoms with Crippen molar-refractivity contribution in [1.29, 1.82) is 0 Å². The summed E-state index contributed by atoms with van der Waals surface area (Å²) in [5, 5.41) is 8.93. The van der Waals surface area contributed by atoms with E-state index in [0.717, 1.165) is 32.1 Å². The summed E-state index contributed by atoms with van der Waals surface area (Å²) in [6.45, 7) is 6.12. The minimum atomic E-state index is -1.18. The maximum absolute atomic E-state index is 11.8. The van der Waals surface area contributed by atoms with E-state index in [1.165, 1.54) is 13.8 Å². The highest BCUT2D eigenvalue weighted by Crippen LogP contribution is 2.21. The summed E-state index contributed by atoms with van der Waals surface area (Å²) in [7, 11) is 0. The van der Waals surface area contributed by atoms with E-state index in [2.05, 4.69) is 6.58 Å². The zero-order valence-corrected chi connectivity index (χ0v) is 13.2. The molecule has 0 amide bonds. The second-order valence-electron chi connectivity index (χ2n) is 6.30. The van der Waals surface area contributed by atoms with E-state index in [9.17, 15) is 14.4 Å². The maximum atomic E-state index is 11.8. The molecule has 0 bridgehead atoms. The molecule has 1 fully saturated rings. The van der Waals surface area contributed by atoms with Crippen molar-refractivity contribution < 1.29 is 29.0 Å². The van der Waals surface area contributed by atoms with Gasteiger partial charge in [0.25, 0.3) is 0 Å². The predicted molar refractivity (Wildman–Crippen MR) is 79.1 cm³/mol. The Kier molecular flexibility index (Phi) is 6.59. The van der Waals surface area contributed by atoms with Crippen LogP contribution in [-0.4, -0.2) is 35.7 Å². The van der Waals surface area contributed by atoms with Gasteiger partial charge in [-0.05, 0) is 39.5 Å². The Morgan fingerprint density at radius 2 is 1.77 bits per heavy atom. The third kappa shape index (κ3) is 5.87. The van der Waals surface area contributed by atoms with E-state index < -0.39 is 23.3 Å². The van der Waals surface area contributed by atoms with Crippen molar-refractivity contribution in [2.45, 2.75) is 58.5 Å². The fourth-order valence-electron chi connectivity index (χ4n) is 2.07. The number of carbonyl (C=O) groups is 3. The van der Waals surface area contributed by atoms with Crippen molar-refractivity contribution in [3.63, 3.8) is 0 Å². The van der Waals surface area contributed by atoms with E-state index >= 15 is 0 Å². The number of carboxylic acids is 1. The minimum Gasteiger partial charge on any atom is -0.481 e. The summed E-state index contributed by atoms with van der Waals surface area (Å²) in [6, 6.07) is 0. The summed E-state index contributed by atoms with van der Waals surface area (Å²) >= 11 is 0. The molecule has 0 spiro atoms. The molecule has 0 aromatic heterocycles. The van der Waals surface area contributed by atoms with Gasteiger partial charge in [-0.25, -0.2) is 4.79 Å². The third-order valence-electron chi connectivity index (χ3n) is 3.64. The van der Waals surface area contributed by atoms with E-state index in [4.69, 9.17) is 14.6 Å². The second kappa shape index (κ2) is 7.96. The van der Waals surface area contributed by atoms with Crippen LogP contribution in [0.5, 0.6) is 0 Å². The van der Waals surface area contributed by atoms with Crippen LogP contribution in [0.2, 0.25) is 0 Å². The predicted octanol–water partition coefficient (Wildman–Crippen LogP) is 2.46. The van der Waals surface area contributed by atoms with Gasteiger partial charge in [-0.2, -0.15) is 0 Å². The summed E-state index contributed by atoms with van der Waals surface area (Å²) in [5.74, 6) is -2.33. The summed E-state index contributed by atoms with van der Waals surface area (Å²) in [5.41, 5.74) is -1.21. The van der Waals surface area contributed by atoms with Crippen LogP contribution in [-0.2, 0) is 23.9 Å². The molecular formula is C16H24O6. The Bertz CT molecular complexity index is 446. The molecule has 0 aromatic carbocycles. The average Bonchev–Trinajstić information content (AvgIpc) is 2.45. The zero-order chi connectivity index (χ0) is 16.8. The molecule has 124 valence electrons. The lowest BCUT2D eigenvalue weighted by Gasteiger charge is -2.22. The molecule has 6 heteroatoms. The minimum absolute atomic E-state index is 0.0259. The van der Waals surface area contributed by atoms with Crippen molar-refractivity contribution in [2.75, 3.05) is 6.61 Å². The Labute approximate surface area is 130 Å². The SMILES string of the molecule is C=C(CC(=O)OC1CCCCC1)C(=O)OCC(C)(C)C(=O)O. The Hall–Kier alpha value is -1.85. The Morgan fingerprint density at radius 3 is 2.32 bits per heavy atom. The highest BCUT2D eigenvalue weighted by Gasteiger charge is 2.29. The molecule has 1 saturated carbocycles. The van der Waals surface area contributed by atoms with E-state index in [1.54, 1.807) is 0 Å². The first-order chi connectivity index (χ1) is 10.2. The number of esters is 2. The van der Waals surface area contributed by atoms with Gasteiger partial charge < -0.3 is 14.6 Å². The van der Waals surface area contributed by atoms with Gasteiger partial charge in [0.05, 0.1) is 11.8 Å². The molecule has 0 saturated heterocycles. The van der Waals surface area contributed by atoms with Crippen molar-refractivity contribution in [1.82, 2.24) is 0 Å². The fourth-order valence-corrected chi connectivity index (χ4v) is 2.07. The smallest absolute Gasteiger partial charge is 0.334 e. The molecule has 0 radical (unpaired) electrons. The lowest BCUT2D eigenvalue weighted by atomic mass is 9.95. The molecule has 0 aromatic rings. The lowest BCUT2D eigenvalue weighted by Crippen LogP contribution is -2.31. The first kappa shape index (κ1) is 18.2. The van der Waals surface area contributed by atoms with Gasteiger partial charge >= 0.3 is 17.9 Å². The topological polar surface area (TPSA) is 89.9 Å². The summed E-state index contributed by atoms with van der Waals surface area (Å²) < 4.78 is 10.2. The van der Waals surface area contributed by atoms with Gasteiger partial charge in [0.15, 0.2) is 0 Å². The monoisotopic (exact) mass is 312 g/mol. The van der Waals surface area contributed by atoms with Crippen LogP contribution >= 0.6 is 0 Å². The first-order valence-corrected chi connectivity index (χ1v) is 7.50. The van der Waals surface area contributed by atoms with Gasteiger partial charge in [0.1, 0.15) is 12.7 Å². The van der Waals surface area contributed by atoms with Crippen LogP contribution in [0.3, 0.4) is 0 Å². The van der Waals surface area contributed by atoms with Crippen molar-refractivity contribution in [3.8, 4) is 0 Å². The van der Waals surface area contributed by atoms with Crippen LogP contribution in [0.15, 0.2) is 12.2 Å². The molecule has 1 aliphatic carbocycles. The number of aliphatic carboxylic acids is 1. The van der Waals surface area contributed by atoms with Crippen molar-refractivity contribution in [3.05, 3.63) is 12.2 Å². The third-order valence-corrected chi connectivity index (χ3v) is 3.64. The number of carboxylic acid groups (broad SMARTS) is 1. The molecule has 6 nitrogen and oxygen atoms in total. The number of ether oxygens (including phenoxy) is 2. The number of hydrogen-bond acceptors (Lipinski definition) is 5. The highest BCUT2D eigenvalue weighted by molar-refractivity contribution is 5.93. The second-order valence-corrected chi connectivity index (χ2v) is 6.30. The molecule has 0 atom stereocenters. The Morgan fingerprint density at radius 1 is 1.18 bits per heavy atom. The quantitative estimate of drug-likeness (QED) is 0.573. The lowest BCUT2D eigenvalue weighted by molar-refractivity contribution is -0.157. The molecule has 1 rings (SSSR count). The molecular weight excluding hydrogens is 288 g/mol. The normalized spacial score (nSPS) is 15.9. The maximum Gasteiger partial charge on any atom is 0.334 e. The van der Waals surface area contributed by atoms with Crippen LogP contribution in [0.25, 0.3) is 0 Å². The van der Waals surface area contributed by atoms with Crippen molar-refractivity contribution >= 4 is 17.9 Å². The zero-order valence-electron chi connectivity index (χ0n) is 13.2. The van der Waals surface area contributed by atoms with Gasteiger partial charge in [0, 0.05) is 5.57 Å². The van der Waals surface area contributed by atoms with E-state index in [1.807, 2.05) is 0 Å². The number of rotatable bonds is 7. The highest BCUT2D eigenvalue weighted by atomic mass is 16.5. The largest absolute Gasteiger partial charge is 0.481 e. The van der Waals surface area contributed by atoms with Gasteiger partial charge in [0.2, 0.25) is 0 Å². The number of hydrogen-bond donors (Lipinski definition) is 1. The molecule has 0 unspecified atom stereocenters. The van der Waals surface area contributed by atoms with Gasteiger partial charge in [-0.1, -0.05) is 13.0 Å². The van der Waals surface area contributed by atoms with E-state index in [-0.39, 0.29) is 24.7 Å². The molecule has 1 aliphatic rings.